The van der Waals surface area contributed by atoms with Gasteiger partial charge in [-0.3, -0.25) is 0 Å². The molecule has 2 heteroatoms. The third kappa shape index (κ3) is 4.13. The first kappa shape index (κ1) is 11.6. The second-order valence-electron chi connectivity index (χ2n) is 4.01. The minimum atomic E-state index is 0.280. The molecule has 0 saturated carbocycles. The van der Waals surface area contributed by atoms with Crippen molar-refractivity contribution in [3.63, 3.8) is 0 Å². The number of nitrogens with one attached hydrogen (secondary N) is 1. The zero-order chi connectivity index (χ0) is 10.2. The topological polar surface area (TPSA) is 15.3 Å². The second-order valence-corrected chi connectivity index (χ2v) is 4.01. The third-order valence-electron chi connectivity index (χ3n) is 2.80. The first-order valence-corrected chi connectivity index (χ1v) is 5.78. The molecular formula is C12H22N2. The summed E-state index contributed by atoms with van der Waals surface area (Å²) < 4.78 is 0. The van der Waals surface area contributed by atoms with Crippen LogP contribution in [0.4, 0.5) is 0 Å². The lowest BCUT2D eigenvalue weighted by Crippen LogP contribution is -2.35. The standard InChI is InChI=1S/C12H22N2/c1-3-7-12(4-2)13-8-11-14-9-5-6-10-14/h2,12-13H,3,5-11H2,1H3. The Morgan fingerprint density at radius 2 is 2.14 bits per heavy atom. The largest absolute Gasteiger partial charge is 0.302 e. The first-order chi connectivity index (χ1) is 6.86. The molecule has 1 saturated heterocycles. The van der Waals surface area contributed by atoms with Gasteiger partial charge in [0.25, 0.3) is 0 Å². The van der Waals surface area contributed by atoms with E-state index in [-0.39, 0.29) is 6.04 Å². The number of terminal acetylenes is 1. The van der Waals surface area contributed by atoms with E-state index in [2.05, 4.69) is 23.1 Å². The van der Waals surface area contributed by atoms with Crippen LogP contribution in [0.3, 0.4) is 0 Å². The molecule has 80 valence electrons. The summed E-state index contributed by atoms with van der Waals surface area (Å²) in [6.45, 7) is 6.91. The molecule has 0 aliphatic carbocycles. The summed E-state index contributed by atoms with van der Waals surface area (Å²) in [4.78, 5) is 2.51. The number of hydrogen-bond donors (Lipinski definition) is 1. The Morgan fingerprint density at radius 3 is 2.71 bits per heavy atom. The van der Waals surface area contributed by atoms with E-state index >= 15 is 0 Å². The maximum Gasteiger partial charge on any atom is 0.0687 e. The molecule has 1 unspecified atom stereocenters. The molecule has 2 nitrogen and oxygen atoms in total. The Hall–Kier alpha value is -0.520. The van der Waals surface area contributed by atoms with E-state index in [1.165, 1.54) is 25.9 Å². The van der Waals surface area contributed by atoms with Crippen molar-refractivity contribution in [1.29, 1.82) is 0 Å². The molecule has 14 heavy (non-hydrogen) atoms. The molecule has 0 aromatic rings. The highest BCUT2D eigenvalue weighted by molar-refractivity contribution is 4.98. The van der Waals surface area contributed by atoms with Crippen molar-refractivity contribution in [3.05, 3.63) is 0 Å². The lowest BCUT2D eigenvalue weighted by atomic mass is 10.2. The molecule has 0 amide bonds. The number of rotatable bonds is 6. The van der Waals surface area contributed by atoms with Gasteiger partial charge in [0.05, 0.1) is 6.04 Å². The quantitative estimate of drug-likeness (QED) is 0.644. The molecule has 1 N–H and O–H groups in total. The smallest absolute Gasteiger partial charge is 0.0687 e. The van der Waals surface area contributed by atoms with Crippen LogP contribution in [0.1, 0.15) is 32.6 Å². The molecule has 1 rings (SSSR count). The Balaban J connectivity index is 2.04. The Labute approximate surface area is 88.1 Å². The molecule has 1 aliphatic heterocycles. The zero-order valence-corrected chi connectivity index (χ0v) is 9.26. The summed E-state index contributed by atoms with van der Waals surface area (Å²) in [5.74, 6) is 2.80. The van der Waals surface area contributed by atoms with Crippen LogP contribution < -0.4 is 5.32 Å². The van der Waals surface area contributed by atoms with Gasteiger partial charge in [0.2, 0.25) is 0 Å². The van der Waals surface area contributed by atoms with Crippen molar-refractivity contribution >= 4 is 0 Å². The van der Waals surface area contributed by atoms with Crippen LogP contribution in [0.2, 0.25) is 0 Å². The number of likely N-dealkylation sites (tertiary alicyclic amines) is 1. The highest BCUT2D eigenvalue weighted by atomic mass is 15.1. The van der Waals surface area contributed by atoms with Crippen LogP contribution in [0.5, 0.6) is 0 Å². The van der Waals surface area contributed by atoms with E-state index in [4.69, 9.17) is 6.42 Å². The molecule has 1 aliphatic rings. The summed E-state index contributed by atoms with van der Waals surface area (Å²) in [7, 11) is 0. The van der Waals surface area contributed by atoms with Gasteiger partial charge in [0.15, 0.2) is 0 Å². The van der Waals surface area contributed by atoms with E-state index in [9.17, 15) is 0 Å². The van der Waals surface area contributed by atoms with Crippen molar-refractivity contribution in [2.45, 2.75) is 38.6 Å². The number of nitrogens with zero attached hydrogens (tertiary/aromatic N) is 1. The summed E-state index contributed by atoms with van der Waals surface area (Å²) in [6, 6.07) is 0.280. The second kappa shape index (κ2) is 6.86. The molecule has 1 heterocycles. The fourth-order valence-corrected chi connectivity index (χ4v) is 1.94. The van der Waals surface area contributed by atoms with Crippen LogP contribution in [0.15, 0.2) is 0 Å². The average molecular weight is 194 g/mol. The Bertz CT molecular complexity index is 177. The van der Waals surface area contributed by atoms with E-state index in [0.717, 1.165) is 25.9 Å². The predicted octanol–water partition coefficient (Wildman–Crippen LogP) is 1.47. The molecule has 0 spiro atoms. The van der Waals surface area contributed by atoms with Gasteiger partial charge < -0.3 is 10.2 Å². The summed E-state index contributed by atoms with van der Waals surface area (Å²) in [6.07, 6.45) is 10.4. The van der Waals surface area contributed by atoms with Crippen LogP contribution in [-0.4, -0.2) is 37.1 Å². The molecule has 0 radical (unpaired) electrons. The van der Waals surface area contributed by atoms with Gasteiger partial charge in [-0.15, -0.1) is 6.42 Å². The SMILES string of the molecule is C#CC(CCC)NCCN1CCCC1. The third-order valence-corrected chi connectivity index (χ3v) is 2.80. The van der Waals surface area contributed by atoms with Gasteiger partial charge in [-0.1, -0.05) is 19.3 Å². The van der Waals surface area contributed by atoms with E-state index in [1.807, 2.05) is 0 Å². The lowest BCUT2D eigenvalue weighted by molar-refractivity contribution is 0.331. The fraction of sp³-hybridized carbons (Fsp3) is 0.833. The highest BCUT2D eigenvalue weighted by Crippen LogP contribution is 2.05. The van der Waals surface area contributed by atoms with Gasteiger partial charge in [-0.25, -0.2) is 0 Å². The zero-order valence-electron chi connectivity index (χ0n) is 9.26. The Kier molecular flexibility index (Phi) is 5.66. The first-order valence-electron chi connectivity index (χ1n) is 5.78. The predicted molar refractivity (Wildman–Crippen MR) is 61.2 cm³/mol. The van der Waals surface area contributed by atoms with Gasteiger partial charge >= 0.3 is 0 Å². The monoisotopic (exact) mass is 194 g/mol. The van der Waals surface area contributed by atoms with Crippen molar-refractivity contribution in [3.8, 4) is 12.3 Å². The van der Waals surface area contributed by atoms with E-state index in [1.54, 1.807) is 0 Å². The molecule has 0 bridgehead atoms. The van der Waals surface area contributed by atoms with Gasteiger partial charge in [0, 0.05) is 13.1 Å². The molecule has 0 aromatic carbocycles. The van der Waals surface area contributed by atoms with Crippen molar-refractivity contribution < 1.29 is 0 Å². The molecule has 1 fully saturated rings. The lowest BCUT2D eigenvalue weighted by Gasteiger charge is -2.17. The van der Waals surface area contributed by atoms with Crippen LogP contribution >= 0.6 is 0 Å². The minimum Gasteiger partial charge on any atom is -0.302 e. The summed E-state index contributed by atoms with van der Waals surface area (Å²) >= 11 is 0. The molecular weight excluding hydrogens is 172 g/mol. The van der Waals surface area contributed by atoms with Crippen molar-refractivity contribution in [2.24, 2.45) is 0 Å². The van der Waals surface area contributed by atoms with Crippen LogP contribution in [-0.2, 0) is 0 Å². The minimum absolute atomic E-state index is 0.280. The number of hydrogen-bond acceptors (Lipinski definition) is 2. The van der Waals surface area contributed by atoms with Crippen LogP contribution in [0.25, 0.3) is 0 Å². The highest BCUT2D eigenvalue weighted by Gasteiger charge is 2.11. The van der Waals surface area contributed by atoms with Gasteiger partial charge in [0.1, 0.15) is 0 Å². The van der Waals surface area contributed by atoms with Gasteiger partial charge in [-0.2, -0.15) is 0 Å². The fourth-order valence-electron chi connectivity index (χ4n) is 1.94. The molecule has 0 aromatic heterocycles. The van der Waals surface area contributed by atoms with E-state index < -0.39 is 0 Å². The summed E-state index contributed by atoms with van der Waals surface area (Å²) in [5.41, 5.74) is 0. The maximum atomic E-state index is 5.43. The van der Waals surface area contributed by atoms with Crippen molar-refractivity contribution in [2.75, 3.05) is 26.2 Å². The normalized spacial score (nSPS) is 19.4. The van der Waals surface area contributed by atoms with Crippen LogP contribution in [0, 0.1) is 12.3 Å². The molecule has 1 atom stereocenters. The van der Waals surface area contributed by atoms with Crippen molar-refractivity contribution in [1.82, 2.24) is 10.2 Å². The Morgan fingerprint density at radius 1 is 1.43 bits per heavy atom. The van der Waals surface area contributed by atoms with Gasteiger partial charge in [-0.05, 0) is 32.4 Å². The maximum absolute atomic E-state index is 5.43. The summed E-state index contributed by atoms with van der Waals surface area (Å²) in [5, 5.41) is 3.42. The van der Waals surface area contributed by atoms with E-state index in [0.29, 0.717) is 0 Å². The average Bonchev–Trinajstić information content (AvgIpc) is 2.69.